The summed E-state index contributed by atoms with van der Waals surface area (Å²) in [6.07, 6.45) is 0.763. The predicted molar refractivity (Wildman–Crippen MR) is 148 cm³/mol. The van der Waals surface area contributed by atoms with Crippen molar-refractivity contribution in [3.8, 4) is 11.5 Å². The molecule has 0 aromatic heterocycles. The lowest BCUT2D eigenvalue weighted by atomic mass is 10.1. The third-order valence-corrected chi connectivity index (χ3v) is 7.48. The van der Waals surface area contributed by atoms with E-state index in [0.717, 1.165) is 21.9 Å². The van der Waals surface area contributed by atoms with Crippen LogP contribution in [0.25, 0.3) is 0 Å². The molecule has 9 nitrogen and oxygen atoms in total. The van der Waals surface area contributed by atoms with Crippen molar-refractivity contribution in [3.63, 3.8) is 0 Å². The highest BCUT2D eigenvalue weighted by molar-refractivity contribution is 7.92. The molecule has 0 bridgehead atoms. The van der Waals surface area contributed by atoms with E-state index in [1.54, 1.807) is 36.4 Å². The summed E-state index contributed by atoms with van der Waals surface area (Å²) < 4.78 is 39.4. The second-order valence-electron chi connectivity index (χ2n) is 8.72. The smallest absolute Gasteiger partial charge is 0.264 e. The van der Waals surface area contributed by atoms with Gasteiger partial charge in [-0.1, -0.05) is 25.1 Å². The Morgan fingerprint density at radius 3 is 2.18 bits per heavy atom. The first-order valence-electron chi connectivity index (χ1n) is 12.1. The number of benzene rings is 3. The maximum absolute atomic E-state index is 13.9. The molecule has 0 heterocycles. The molecule has 0 fully saturated rings. The number of para-hydroxylation sites is 1. The van der Waals surface area contributed by atoms with E-state index in [2.05, 4.69) is 10.6 Å². The maximum Gasteiger partial charge on any atom is 0.264 e. The Morgan fingerprint density at radius 1 is 0.895 bits per heavy atom. The maximum atomic E-state index is 13.9. The van der Waals surface area contributed by atoms with Crippen LogP contribution in [0.3, 0.4) is 0 Å². The fraction of sp³-hybridized carbons (Fsp3) is 0.286. The molecule has 2 amide bonds. The molecule has 0 aliphatic heterocycles. The highest BCUT2D eigenvalue weighted by Gasteiger charge is 2.29. The summed E-state index contributed by atoms with van der Waals surface area (Å²) in [6.45, 7) is 5.61. The zero-order valence-corrected chi connectivity index (χ0v) is 23.0. The van der Waals surface area contributed by atoms with Crippen molar-refractivity contribution in [1.82, 2.24) is 5.32 Å². The van der Waals surface area contributed by atoms with Gasteiger partial charge in [-0.05, 0) is 67.8 Å². The lowest BCUT2D eigenvalue weighted by molar-refractivity contribution is -0.114. The molecule has 0 saturated heterocycles. The summed E-state index contributed by atoms with van der Waals surface area (Å²) >= 11 is 0. The first-order valence-corrected chi connectivity index (χ1v) is 13.5. The summed E-state index contributed by atoms with van der Waals surface area (Å²) in [5.74, 6) is -0.318. The van der Waals surface area contributed by atoms with Gasteiger partial charge in [-0.3, -0.25) is 13.9 Å². The van der Waals surface area contributed by atoms with E-state index in [4.69, 9.17) is 9.47 Å². The van der Waals surface area contributed by atoms with Crippen LogP contribution in [0.5, 0.6) is 11.5 Å². The van der Waals surface area contributed by atoms with Crippen LogP contribution in [-0.4, -0.2) is 47.5 Å². The monoisotopic (exact) mass is 539 g/mol. The first kappa shape index (κ1) is 28.5. The molecular formula is C28H33N3O6S. The average Bonchev–Trinajstić information content (AvgIpc) is 2.89. The predicted octanol–water partition coefficient (Wildman–Crippen LogP) is 4.29. The number of anilines is 2. The molecule has 10 heteroatoms. The molecule has 0 aliphatic rings. The summed E-state index contributed by atoms with van der Waals surface area (Å²) in [4.78, 5) is 25.8. The van der Waals surface area contributed by atoms with Crippen molar-refractivity contribution in [3.05, 3.63) is 77.4 Å². The molecule has 0 atom stereocenters. The van der Waals surface area contributed by atoms with E-state index >= 15 is 0 Å². The number of hydrogen-bond donors (Lipinski definition) is 2. The van der Waals surface area contributed by atoms with E-state index < -0.39 is 22.5 Å². The van der Waals surface area contributed by atoms with Crippen LogP contribution in [0, 0.1) is 13.8 Å². The zero-order chi connectivity index (χ0) is 27.9. The van der Waals surface area contributed by atoms with Gasteiger partial charge in [0.2, 0.25) is 5.91 Å². The van der Waals surface area contributed by atoms with Crippen LogP contribution in [-0.2, 0) is 14.8 Å². The Hall–Kier alpha value is -4.05. The third kappa shape index (κ3) is 6.63. The van der Waals surface area contributed by atoms with Crippen LogP contribution in [0.15, 0.2) is 65.6 Å². The molecule has 3 aromatic carbocycles. The number of aryl methyl sites for hydroxylation is 2. The fourth-order valence-electron chi connectivity index (χ4n) is 3.96. The molecular weight excluding hydrogens is 506 g/mol. The Balaban J connectivity index is 2.00. The number of methoxy groups -OCH3 is 2. The summed E-state index contributed by atoms with van der Waals surface area (Å²) in [7, 11) is -1.34. The van der Waals surface area contributed by atoms with Crippen LogP contribution >= 0.6 is 0 Å². The Kier molecular flexibility index (Phi) is 9.35. The van der Waals surface area contributed by atoms with E-state index in [1.165, 1.54) is 32.4 Å². The van der Waals surface area contributed by atoms with Crippen molar-refractivity contribution < 1.29 is 27.5 Å². The lowest BCUT2D eigenvalue weighted by Crippen LogP contribution is -2.38. The van der Waals surface area contributed by atoms with E-state index in [9.17, 15) is 18.0 Å². The number of ether oxygens (including phenoxy) is 2. The molecule has 0 spiro atoms. The van der Waals surface area contributed by atoms with E-state index in [1.807, 2.05) is 26.8 Å². The van der Waals surface area contributed by atoms with Gasteiger partial charge in [0, 0.05) is 12.6 Å². The number of hydrogen-bond acceptors (Lipinski definition) is 6. The molecule has 3 aromatic rings. The minimum absolute atomic E-state index is 0.0681. The van der Waals surface area contributed by atoms with Crippen molar-refractivity contribution in [2.75, 3.05) is 36.9 Å². The number of amides is 2. The highest BCUT2D eigenvalue weighted by atomic mass is 32.2. The standard InChI is InChI=1S/C28H33N3O6S/c1-6-13-29-28(33)23-9-7-8-10-24(23)30-27(32)18-31(21-15-19(2)14-20(3)16-21)38(34,35)22-11-12-25(36-4)26(17-22)37-5/h7-12,14-17H,6,13,18H2,1-5H3,(H,29,33)(H,30,32). The Bertz CT molecular complexity index is 1400. The summed E-state index contributed by atoms with van der Waals surface area (Å²) in [6, 6.07) is 16.1. The third-order valence-electron chi connectivity index (χ3n) is 5.71. The molecule has 0 radical (unpaired) electrons. The number of sulfonamides is 1. The molecule has 0 saturated carbocycles. The molecule has 0 unspecified atom stereocenters. The van der Waals surface area contributed by atoms with Gasteiger partial charge >= 0.3 is 0 Å². The highest BCUT2D eigenvalue weighted by Crippen LogP contribution is 2.32. The van der Waals surface area contributed by atoms with Crippen molar-refractivity contribution >= 4 is 33.2 Å². The van der Waals surface area contributed by atoms with E-state index in [-0.39, 0.29) is 27.8 Å². The molecule has 0 aliphatic carbocycles. The number of carbonyl (C=O) groups is 2. The second kappa shape index (κ2) is 12.5. The van der Waals surface area contributed by atoms with Crippen molar-refractivity contribution in [2.24, 2.45) is 0 Å². The molecule has 202 valence electrons. The van der Waals surface area contributed by atoms with Crippen LogP contribution in [0.1, 0.15) is 34.8 Å². The van der Waals surface area contributed by atoms with Gasteiger partial charge in [0.1, 0.15) is 6.54 Å². The first-order chi connectivity index (χ1) is 18.1. The van der Waals surface area contributed by atoms with Gasteiger partial charge in [-0.25, -0.2) is 8.42 Å². The normalized spacial score (nSPS) is 11.0. The van der Waals surface area contributed by atoms with Crippen LogP contribution < -0.4 is 24.4 Å². The minimum Gasteiger partial charge on any atom is -0.493 e. The number of nitrogens with one attached hydrogen (secondary N) is 2. The summed E-state index contributed by atoms with van der Waals surface area (Å²) in [5.41, 5.74) is 2.59. The quantitative estimate of drug-likeness (QED) is 0.376. The number of carbonyl (C=O) groups excluding carboxylic acids is 2. The number of rotatable bonds is 11. The van der Waals surface area contributed by atoms with Crippen molar-refractivity contribution in [2.45, 2.75) is 32.1 Å². The summed E-state index contributed by atoms with van der Waals surface area (Å²) in [5, 5.41) is 5.50. The van der Waals surface area contributed by atoms with E-state index in [0.29, 0.717) is 18.0 Å². The van der Waals surface area contributed by atoms with Gasteiger partial charge in [0.15, 0.2) is 11.5 Å². The largest absolute Gasteiger partial charge is 0.493 e. The van der Waals surface area contributed by atoms with Gasteiger partial charge < -0.3 is 20.1 Å². The zero-order valence-electron chi connectivity index (χ0n) is 22.2. The van der Waals surface area contributed by atoms with Gasteiger partial charge in [0.05, 0.1) is 36.1 Å². The Labute approximate surface area is 223 Å². The number of nitrogens with zero attached hydrogens (tertiary/aromatic N) is 1. The topological polar surface area (TPSA) is 114 Å². The lowest BCUT2D eigenvalue weighted by Gasteiger charge is -2.25. The van der Waals surface area contributed by atoms with Crippen LogP contribution in [0.2, 0.25) is 0 Å². The van der Waals surface area contributed by atoms with Crippen LogP contribution in [0.4, 0.5) is 11.4 Å². The van der Waals surface area contributed by atoms with Gasteiger partial charge in [0.25, 0.3) is 15.9 Å². The molecule has 38 heavy (non-hydrogen) atoms. The SMILES string of the molecule is CCCNC(=O)c1ccccc1NC(=O)CN(c1cc(C)cc(C)c1)S(=O)(=O)c1ccc(OC)c(OC)c1. The second-order valence-corrected chi connectivity index (χ2v) is 10.6. The Morgan fingerprint density at radius 2 is 1.55 bits per heavy atom. The minimum atomic E-state index is -4.21. The fourth-order valence-corrected chi connectivity index (χ4v) is 5.38. The van der Waals surface area contributed by atoms with Crippen molar-refractivity contribution in [1.29, 1.82) is 0 Å². The average molecular weight is 540 g/mol. The molecule has 3 rings (SSSR count). The van der Waals surface area contributed by atoms with Gasteiger partial charge in [-0.2, -0.15) is 0 Å². The van der Waals surface area contributed by atoms with Gasteiger partial charge in [-0.15, -0.1) is 0 Å². The molecule has 2 N–H and O–H groups in total.